The molecule has 0 heterocycles. The van der Waals surface area contributed by atoms with Gasteiger partial charge in [0.1, 0.15) is 0 Å². The Labute approximate surface area is 104 Å². The minimum atomic E-state index is 1.05. The first-order chi connectivity index (χ1) is 8.33. The summed E-state index contributed by atoms with van der Waals surface area (Å²) in [5, 5.41) is 0. The van der Waals surface area contributed by atoms with Crippen LogP contribution in [-0.2, 0) is 19.3 Å². The molecule has 0 bridgehead atoms. The van der Waals surface area contributed by atoms with Crippen LogP contribution in [0.2, 0.25) is 0 Å². The van der Waals surface area contributed by atoms with Crippen molar-refractivity contribution in [3.8, 4) is 0 Å². The van der Waals surface area contributed by atoms with Crippen LogP contribution in [0.25, 0.3) is 0 Å². The zero-order valence-electron chi connectivity index (χ0n) is 10.7. The number of benzene rings is 2. The van der Waals surface area contributed by atoms with Gasteiger partial charge in [-0.1, -0.05) is 62.4 Å². The predicted octanol–water partition coefficient (Wildman–Crippen LogP) is 4.40. The Kier molecular flexibility index (Phi) is 3.98. The van der Waals surface area contributed by atoms with Crippen LogP contribution in [0.4, 0.5) is 0 Å². The van der Waals surface area contributed by atoms with E-state index in [1.807, 2.05) is 0 Å². The molecule has 2 aromatic carbocycles. The van der Waals surface area contributed by atoms with Crippen molar-refractivity contribution in [2.45, 2.75) is 33.1 Å². The second kappa shape index (κ2) is 5.67. The Morgan fingerprint density at radius 3 is 2.12 bits per heavy atom. The van der Waals surface area contributed by atoms with E-state index in [2.05, 4.69) is 62.4 Å². The van der Waals surface area contributed by atoms with Crippen molar-refractivity contribution < 1.29 is 0 Å². The molecule has 0 atom stereocenters. The Morgan fingerprint density at radius 1 is 0.706 bits per heavy atom. The fourth-order valence-corrected chi connectivity index (χ4v) is 2.25. The molecule has 0 aromatic heterocycles. The smallest absolute Gasteiger partial charge is 0.00229 e. The van der Waals surface area contributed by atoms with Crippen LogP contribution >= 0.6 is 0 Å². The monoisotopic (exact) mass is 224 g/mol. The van der Waals surface area contributed by atoms with E-state index in [0.29, 0.717) is 0 Å². The maximum atomic E-state index is 2.33. The molecule has 2 aromatic rings. The molecule has 0 unspecified atom stereocenters. The first-order valence-corrected chi connectivity index (χ1v) is 6.48. The van der Waals surface area contributed by atoms with Crippen LogP contribution in [-0.4, -0.2) is 0 Å². The van der Waals surface area contributed by atoms with Gasteiger partial charge in [0.2, 0.25) is 0 Å². The van der Waals surface area contributed by atoms with Gasteiger partial charge in [-0.3, -0.25) is 0 Å². The van der Waals surface area contributed by atoms with Crippen molar-refractivity contribution in [2.24, 2.45) is 0 Å². The lowest BCUT2D eigenvalue weighted by Crippen LogP contribution is -1.95. The van der Waals surface area contributed by atoms with E-state index < -0.39 is 0 Å². The van der Waals surface area contributed by atoms with Crippen molar-refractivity contribution in [1.29, 1.82) is 0 Å². The van der Waals surface area contributed by atoms with Crippen LogP contribution in [0.5, 0.6) is 0 Å². The lowest BCUT2D eigenvalue weighted by Gasteiger charge is -2.08. The number of hydrogen-bond acceptors (Lipinski definition) is 0. The first-order valence-electron chi connectivity index (χ1n) is 6.48. The minimum Gasteiger partial charge on any atom is -0.0620 e. The van der Waals surface area contributed by atoms with Crippen LogP contribution in [0.1, 0.15) is 36.1 Å². The molecule has 0 N–H and O–H groups in total. The molecule has 0 radical (unpaired) electrons. The molecule has 0 amide bonds. The third kappa shape index (κ3) is 2.97. The second-order valence-electron chi connectivity index (χ2n) is 4.47. The summed E-state index contributed by atoms with van der Waals surface area (Å²) >= 11 is 0. The molecule has 0 aliphatic heterocycles. The van der Waals surface area contributed by atoms with E-state index in [9.17, 15) is 0 Å². The normalized spacial score (nSPS) is 10.5. The number of aryl methyl sites for hydroxylation is 2. The fraction of sp³-hybridized carbons (Fsp3) is 0.294. The highest BCUT2D eigenvalue weighted by Gasteiger charge is 2.01. The summed E-state index contributed by atoms with van der Waals surface area (Å²) in [5.41, 5.74) is 5.78. The Hall–Kier alpha value is -1.56. The van der Waals surface area contributed by atoms with E-state index >= 15 is 0 Å². The zero-order valence-corrected chi connectivity index (χ0v) is 10.7. The van der Waals surface area contributed by atoms with Crippen LogP contribution in [0.3, 0.4) is 0 Å². The highest BCUT2D eigenvalue weighted by Crippen LogP contribution is 2.16. The molecular formula is C17H20. The standard InChI is InChI=1S/C17H20/c1-3-14-8-7-9-15(12-14)13-17-11-6-5-10-16(17)4-2/h5-12H,3-4,13H2,1-2H3. The largest absolute Gasteiger partial charge is 0.0620 e. The lowest BCUT2D eigenvalue weighted by atomic mass is 9.97. The maximum absolute atomic E-state index is 2.33. The molecule has 0 spiro atoms. The highest BCUT2D eigenvalue weighted by molar-refractivity contribution is 5.34. The Morgan fingerprint density at radius 2 is 1.41 bits per heavy atom. The molecule has 0 aliphatic rings. The van der Waals surface area contributed by atoms with E-state index in [1.165, 1.54) is 22.3 Å². The van der Waals surface area contributed by atoms with Gasteiger partial charge in [-0.05, 0) is 41.5 Å². The summed E-state index contributed by atoms with van der Waals surface area (Å²) in [4.78, 5) is 0. The number of hydrogen-bond donors (Lipinski definition) is 0. The van der Waals surface area contributed by atoms with Gasteiger partial charge in [-0.2, -0.15) is 0 Å². The average molecular weight is 224 g/mol. The van der Waals surface area contributed by atoms with Gasteiger partial charge in [0.05, 0.1) is 0 Å². The third-order valence-corrected chi connectivity index (χ3v) is 3.29. The summed E-state index contributed by atoms with van der Waals surface area (Å²) in [5.74, 6) is 0. The summed E-state index contributed by atoms with van der Waals surface area (Å²) in [6.07, 6.45) is 3.28. The van der Waals surface area contributed by atoms with Crippen molar-refractivity contribution in [3.05, 3.63) is 70.8 Å². The van der Waals surface area contributed by atoms with E-state index in [0.717, 1.165) is 19.3 Å². The van der Waals surface area contributed by atoms with Gasteiger partial charge < -0.3 is 0 Å². The van der Waals surface area contributed by atoms with Crippen molar-refractivity contribution in [2.75, 3.05) is 0 Å². The van der Waals surface area contributed by atoms with Crippen molar-refractivity contribution >= 4 is 0 Å². The minimum absolute atomic E-state index is 1.05. The van der Waals surface area contributed by atoms with Gasteiger partial charge in [0, 0.05) is 0 Å². The van der Waals surface area contributed by atoms with E-state index in [4.69, 9.17) is 0 Å². The van der Waals surface area contributed by atoms with Crippen LogP contribution in [0.15, 0.2) is 48.5 Å². The van der Waals surface area contributed by atoms with Crippen molar-refractivity contribution in [1.82, 2.24) is 0 Å². The zero-order chi connectivity index (χ0) is 12.1. The third-order valence-electron chi connectivity index (χ3n) is 3.29. The Bertz CT molecular complexity index is 483. The second-order valence-corrected chi connectivity index (χ2v) is 4.47. The topological polar surface area (TPSA) is 0 Å². The van der Waals surface area contributed by atoms with E-state index in [1.54, 1.807) is 0 Å². The first kappa shape index (κ1) is 11.9. The molecule has 17 heavy (non-hydrogen) atoms. The highest BCUT2D eigenvalue weighted by atomic mass is 14.1. The predicted molar refractivity (Wildman–Crippen MR) is 74.4 cm³/mol. The van der Waals surface area contributed by atoms with Crippen LogP contribution < -0.4 is 0 Å². The summed E-state index contributed by atoms with van der Waals surface area (Å²) < 4.78 is 0. The molecule has 0 nitrogen and oxygen atoms in total. The summed E-state index contributed by atoms with van der Waals surface area (Å²) in [6, 6.07) is 17.7. The lowest BCUT2D eigenvalue weighted by molar-refractivity contribution is 1.05. The quantitative estimate of drug-likeness (QED) is 0.722. The van der Waals surface area contributed by atoms with E-state index in [-0.39, 0.29) is 0 Å². The summed E-state index contributed by atoms with van der Waals surface area (Å²) in [7, 11) is 0. The molecule has 0 fully saturated rings. The van der Waals surface area contributed by atoms with Gasteiger partial charge in [0.15, 0.2) is 0 Å². The van der Waals surface area contributed by atoms with Gasteiger partial charge in [-0.15, -0.1) is 0 Å². The Balaban J connectivity index is 2.24. The molecule has 88 valence electrons. The average Bonchev–Trinajstić information content (AvgIpc) is 2.39. The number of rotatable bonds is 4. The molecule has 2 rings (SSSR count). The molecule has 0 saturated heterocycles. The molecule has 0 saturated carbocycles. The maximum Gasteiger partial charge on any atom is -0.00229 e. The van der Waals surface area contributed by atoms with Crippen LogP contribution in [0, 0.1) is 0 Å². The van der Waals surface area contributed by atoms with Crippen molar-refractivity contribution in [3.63, 3.8) is 0 Å². The molecular weight excluding hydrogens is 204 g/mol. The van der Waals surface area contributed by atoms with Gasteiger partial charge >= 0.3 is 0 Å². The molecule has 0 aliphatic carbocycles. The summed E-state index contributed by atoms with van der Waals surface area (Å²) in [6.45, 7) is 4.43. The van der Waals surface area contributed by atoms with Gasteiger partial charge in [-0.25, -0.2) is 0 Å². The van der Waals surface area contributed by atoms with Gasteiger partial charge in [0.25, 0.3) is 0 Å². The SMILES string of the molecule is CCc1cccc(Cc2ccccc2CC)c1. The fourth-order valence-electron chi connectivity index (χ4n) is 2.25. The molecule has 0 heteroatoms.